The maximum absolute atomic E-state index is 10.5. The molecule has 28 heavy (non-hydrogen) atoms. The van der Waals surface area contributed by atoms with Crippen molar-refractivity contribution in [3.8, 4) is 11.5 Å². The summed E-state index contributed by atoms with van der Waals surface area (Å²) >= 11 is 0. The zero-order valence-electron chi connectivity index (χ0n) is 14.3. The van der Waals surface area contributed by atoms with Crippen LogP contribution in [0.4, 0.5) is 22.7 Å². The first-order chi connectivity index (χ1) is 13.1. The van der Waals surface area contributed by atoms with E-state index < -0.39 is 31.1 Å². The lowest BCUT2D eigenvalue weighted by Gasteiger charge is -1.99. The van der Waals surface area contributed by atoms with E-state index in [2.05, 4.69) is 9.47 Å². The van der Waals surface area contributed by atoms with Gasteiger partial charge in [0, 0.05) is 12.1 Å². The molecule has 0 spiro atoms. The molecule has 148 valence electrons. The molecule has 14 nitrogen and oxygen atoms in total. The van der Waals surface area contributed by atoms with Crippen molar-refractivity contribution in [2.75, 3.05) is 14.2 Å². The SMILES string of the molecule is COc1ccc([N+](=O)[O-])cc1[N+](=O)[O-].COc1ccc([N+](=O)[O-])cc1[N+](=O)[O-]. The van der Waals surface area contributed by atoms with Crippen LogP contribution < -0.4 is 9.47 Å². The summed E-state index contributed by atoms with van der Waals surface area (Å²) < 4.78 is 9.35. The van der Waals surface area contributed by atoms with Crippen LogP contribution in [-0.4, -0.2) is 33.9 Å². The quantitative estimate of drug-likeness (QED) is 0.517. The van der Waals surface area contributed by atoms with Crippen molar-refractivity contribution in [1.82, 2.24) is 0 Å². The van der Waals surface area contributed by atoms with Crippen LogP contribution in [0.1, 0.15) is 0 Å². The van der Waals surface area contributed by atoms with E-state index in [0.717, 1.165) is 24.3 Å². The van der Waals surface area contributed by atoms with Gasteiger partial charge in [-0.1, -0.05) is 0 Å². The van der Waals surface area contributed by atoms with E-state index in [9.17, 15) is 40.5 Å². The molecule has 0 amide bonds. The highest BCUT2D eigenvalue weighted by Gasteiger charge is 2.20. The number of nitrogens with zero attached hydrogens (tertiary/aromatic N) is 4. The van der Waals surface area contributed by atoms with Crippen molar-refractivity contribution < 1.29 is 29.2 Å². The Morgan fingerprint density at radius 1 is 0.607 bits per heavy atom. The molecule has 0 heterocycles. The fraction of sp³-hybridized carbons (Fsp3) is 0.143. The van der Waals surface area contributed by atoms with E-state index in [1.165, 1.54) is 26.4 Å². The Balaban J connectivity index is 0.000000280. The molecule has 0 aliphatic carbocycles. The molecule has 0 radical (unpaired) electrons. The Morgan fingerprint density at radius 3 is 1.14 bits per heavy atom. The molecule has 0 aliphatic heterocycles. The molecule has 0 saturated carbocycles. The smallest absolute Gasteiger partial charge is 0.317 e. The van der Waals surface area contributed by atoms with E-state index in [-0.39, 0.29) is 22.9 Å². The molecule has 14 heteroatoms. The fourth-order valence-electron chi connectivity index (χ4n) is 1.87. The van der Waals surface area contributed by atoms with Gasteiger partial charge in [0.1, 0.15) is 0 Å². The minimum atomic E-state index is -0.730. The predicted octanol–water partition coefficient (Wildman–Crippen LogP) is 3.02. The maximum atomic E-state index is 10.5. The monoisotopic (exact) mass is 396 g/mol. The largest absolute Gasteiger partial charge is 0.490 e. The number of non-ortho nitro benzene ring substituents is 2. The van der Waals surface area contributed by atoms with Gasteiger partial charge < -0.3 is 9.47 Å². The number of rotatable bonds is 6. The second-order valence-electron chi connectivity index (χ2n) is 4.74. The molecule has 0 atom stereocenters. The molecule has 2 aromatic rings. The second-order valence-corrected chi connectivity index (χ2v) is 4.74. The average Bonchev–Trinajstić information content (AvgIpc) is 2.66. The van der Waals surface area contributed by atoms with E-state index >= 15 is 0 Å². The van der Waals surface area contributed by atoms with Crippen LogP contribution in [0.15, 0.2) is 36.4 Å². The van der Waals surface area contributed by atoms with Crippen LogP contribution in [0, 0.1) is 40.5 Å². The first-order valence-corrected chi connectivity index (χ1v) is 7.06. The Labute approximate surface area is 155 Å². The van der Waals surface area contributed by atoms with Gasteiger partial charge in [-0.2, -0.15) is 0 Å². The van der Waals surface area contributed by atoms with E-state index in [4.69, 9.17) is 0 Å². The summed E-state index contributed by atoms with van der Waals surface area (Å²) in [6, 6.07) is 6.39. The molecule has 0 bridgehead atoms. The molecular formula is C14H12N4O10. The molecule has 0 unspecified atom stereocenters. The normalized spacial score (nSPS) is 9.50. The van der Waals surface area contributed by atoms with Gasteiger partial charge in [0.15, 0.2) is 11.5 Å². The number of ether oxygens (including phenoxy) is 2. The van der Waals surface area contributed by atoms with Crippen LogP contribution in [0.25, 0.3) is 0 Å². The van der Waals surface area contributed by atoms with Crippen molar-refractivity contribution >= 4 is 22.7 Å². The molecule has 0 N–H and O–H groups in total. The van der Waals surface area contributed by atoms with Gasteiger partial charge in [-0.3, -0.25) is 40.5 Å². The third-order valence-corrected chi connectivity index (χ3v) is 3.14. The zero-order valence-corrected chi connectivity index (χ0v) is 14.3. The van der Waals surface area contributed by atoms with Crippen LogP contribution in [0.5, 0.6) is 11.5 Å². The number of methoxy groups -OCH3 is 2. The Hall–Kier alpha value is -4.36. The first-order valence-electron chi connectivity index (χ1n) is 7.06. The summed E-state index contributed by atoms with van der Waals surface area (Å²) in [6.07, 6.45) is 0. The van der Waals surface area contributed by atoms with Gasteiger partial charge >= 0.3 is 11.4 Å². The highest BCUT2D eigenvalue weighted by atomic mass is 16.6. The van der Waals surface area contributed by atoms with Crippen LogP contribution >= 0.6 is 0 Å². The van der Waals surface area contributed by atoms with Crippen molar-refractivity contribution in [1.29, 1.82) is 0 Å². The number of hydrogen-bond donors (Lipinski definition) is 0. The molecule has 0 fully saturated rings. The number of benzene rings is 2. The van der Waals surface area contributed by atoms with Crippen molar-refractivity contribution in [3.63, 3.8) is 0 Å². The minimum absolute atomic E-state index is 0.000556. The van der Waals surface area contributed by atoms with Crippen molar-refractivity contribution in [3.05, 3.63) is 76.9 Å². The summed E-state index contributed by atoms with van der Waals surface area (Å²) in [6.45, 7) is 0. The lowest BCUT2D eigenvalue weighted by Crippen LogP contribution is -1.95. The van der Waals surface area contributed by atoms with E-state index in [0.29, 0.717) is 0 Å². The summed E-state index contributed by atoms with van der Waals surface area (Å²) in [7, 11) is 2.52. The van der Waals surface area contributed by atoms with E-state index in [1.54, 1.807) is 0 Å². The Bertz CT molecular complexity index is 855. The third kappa shape index (κ3) is 5.32. The summed E-state index contributed by atoms with van der Waals surface area (Å²) in [5.41, 5.74) is -1.50. The fourth-order valence-corrected chi connectivity index (χ4v) is 1.87. The number of hydrogen-bond acceptors (Lipinski definition) is 10. The Morgan fingerprint density at radius 2 is 0.929 bits per heavy atom. The minimum Gasteiger partial charge on any atom is -0.490 e. The second kappa shape index (κ2) is 9.37. The summed E-state index contributed by atoms with van der Waals surface area (Å²) in [4.78, 5) is 38.7. The molecule has 0 aliphatic rings. The standard InChI is InChI=1S/2C7H6N2O5/c2*1-14-7-3-2-5(8(10)11)4-6(7)9(12)13/h2*2-4H,1H3. The van der Waals surface area contributed by atoms with Crippen molar-refractivity contribution in [2.45, 2.75) is 0 Å². The van der Waals surface area contributed by atoms with Gasteiger partial charge in [-0.25, -0.2) is 0 Å². The van der Waals surface area contributed by atoms with Gasteiger partial charge in [-0.05, 0) is 12.1 Å². The first kappa shape index (κ1) is 21.7. The number of nitro benzene ring substituents is 4. The summed E-state index contributed by atoms with van der Waals surface area (Å²) in [5.74, 6) is 0.00111. The molecular weight excluding hydrogens is 384 g/mol. The van der Waals surface area contributed by atoms with Crippen LogP contribution in [0.3, 0.4) is 0 Å². The molecule has 0 aromatic heterocycles. The summed E-state index contributed by atoms with van der Waals surface area (Å²) in [5, 5.41) is 41.6. The lowest BCUT2D eigenvalue weighted by molar-refractivity contribution is -0.395. The molecule has 2 rings (SSSR count). The van der Waals surface area contributed by atoms with Gasteiger partial charge in [0.2, 0.25) is 0 Å². The Kier molecular flexibility index (Phi) is 7.25. The highest BCUT2D eigenvalue weighted by Crippen LogP contribution is 2.31. The van der Waals surface area contributed by atoms with Crippen LogP contribution in [-0.2, 0) is 0 Å². The van der Waals surface area contributed by atoms with Crippen LogP contribution in [0.2, 0.25) is 0 Å². The predicted molar refractivity (Wildman–Crippen MR) is 92.6 cm³/mol. The van der Waals surface area contributed by atoms with E-state index in [1.807, 2.05) is 0 Å². The number of nitro groups is 4. The average molecular weight is 396 g/mol. The van der Waals surface area contributed by atoms with Gasteiger partial charge in [0.25, 0.3) is 11.4 Å². The molecule has 2 aromatic carbocycles. The van der Waals surface area contributed by atoms with Crippen molar-refractivity contribution in [2.24, 2.45) is 0 Å². The topological polar surface area (TPSA) is 191 Å². The van der Waals surface area contributed by atoms with Gasteiger partial charge in [0.05, 0.1) is 46.0 Å². The third-order valence-electron chi connectivity index (χ3n) is 3.14. The van der Waals surface area contributed by atoms with Gasteiger partial charge in [-0.15, -0.1) is 0 Å². The maximum Gasteiger partial charge on any atom is 0.317 e. The zero-order chi connectivity index (χ0) is 21.4. The highest BCUT2D eigenvalue weighted by molar-refractivity contribution is 5.54. The lowest BCUT2D eigenvalue weighted by atomic mass is 10.2. The molecule has 0 saturated heterocycles.